The molecule has 1 aliphatic rings. The van der Waals surface area contributed by atoms with Gasteiger partial charge in [0.25, 0.3) is 0 Å². The molecule has 2 aromatic heterocycles. The first-order valence-corrected chi connectivity index (χ1v) is 7.77. The Balaban J connectivity index is 0.00000156. The molecule has 1 fully saturated rings. The van der Waals surface area contributed by atoms with E-state index in [2.05, 4.69) is 20.3 Å². The Hall–Kier alpha value is -1.61. The fraction of sp³-hybridized carbons (Fsp3) is 0.533. The summed E-state index contributed by atoms with van der Waals surface area (Å²) in [5, 5.41) is 3.30. The third-order valence-electron chi connectivity index (χ3n) is 4.14. The normalized spacial score (nSPS) is 18.6. The molecule has 1 aliphatic carbocycles. The first-order chi connectivity index (χ1) is 11.2. The number of imidazole rings is 1. The third kappa shape index (κ3) is 5.43. The van der Waals surface area contributed by atoms with E-state index in [1.165, 1.54) is 0 Å². The van der Waals surface area contributed by atoms with Crippen molar-refractivity contribution in [3.05, 3.63) is 30.0 Å². The van der Waals surface area contributed by atoms with E-state index in [1.807, 2.05) is 16.8 Å². The monoisotopic (exact) mass is 389 g/mol. The Bertz CT molecular complexity index is 661. The molecule has 2 aromatic rings. The summed E-state index contributed by atoms with van der Waals surface area (Å²) < 4.78 is 7.15. The summed E-state index contributed by atoms with van der Waals surface area (Å²) in [6, 6.07) is 2.24. The van der Waals surface area contributed by atoms with Crippen molar-refractivity contribution in [2.45, 2.75) is 37.9 Å². The minimum absolute atomic E-state index is 0. The molecule has 10 heteroatoms. The van der Waals surface area contributed by atoms with E-state index in [9.17, 15) is 0 Å². The van der Waals surface area contributed by atoms with Gasteiger partial charge < -0.3 is 26.1 Å². The molecule has 3 rings (SSSR count). The lowest BCUT2D eigenvalue weighted by Gasteiger charge is -2.32. The molecule has 0 atom stereocenters. The smallest absolute Gasteiger partial charge is 0.222 e. The number of nitrogens with two attached hydrogens (primary N) is 2. The fourth-order valence-electron chi connectivity index (χ4n) is 2.76. The zero-order valence-corrected chi connectivity index (χ0v) is 15.7. The van der Waals surface area contributed by atoms with Crippen LogP contribution in [0, 0.1) is 0 Å². The molecule has 2 heterocycles. The molecule has 0 amide bonds. The van der Waals surface area contributed by atoms with Crippen molar-refractivity contribution in [2.75, 3.05) is 24.8 Å². The quantitative estimate of drug-likeness (QED) is 0.657. The summed E-state index contributed by atoms with van der Waals surface area (Å²) in [6.07, 6.45) is 5.55. The average Bonchev–Trinajstić information content (AvgIpc) is 2.94. The zero-order chi connectivity index (χ0) is 16.2. The first-order valence-electron chi connectivity index (χ1n) is 7.77. The predicted molar refractivity (Wildman–Crippen MR) is 102 cm³/mol. The molecule has 1 saturated carbocycles. The number of nitrogens with zero attached hydrogens (tertiary/aromatic N) is 4. The number of ether oxygens (including phenoxy) is 1. The standard InChI is InChI=1S/C15H23N7O.2ClH/c1-23-3-2-22-9-18-7-12(22)8-19-14-6-13(20-15(17)21-14)10-4-11(16)5-10;;/h6-7,9-11H,2-5,8,16H2,1H3,(H3,17,19,20,21);2*1H. The van der Waals surface area contributed by atoms with Crippen LogP contribution in [-0.2, 0) is 17.8 Å². The number of hydrogen-bond acceptors (Lipinski definition) is 7. The molecule has 0 saturated heterocycles. The lowest BCUT2D eigenvalue weighted by Crippen LogP contribution is -2.35. The Labute approximate surface area is 159 Å². The number of methoxy groups -OCH3 is 1. The van der Waals surface area contributed by atoms with Gasteiger partial charge >= 0.3 is 0 Å². The summed E-state index contributed by atoms with van der Waals surface area (Å²) in [6.45, 7) is 2.03. The Kier molecular flexibility index (Phi) is 8.37. The number of nitrogen functional groups attached to an aromatic ring is 1. The zero-order valence-electron chi connectivity index (χ0n) is 14.1. The second kappa shape index (κ2) is 9.76. The maximum atomic E-state index is 5.85. The Morgan fingerprint density at radius 3 is 2.76 bits per heavy atom. The highest BCUT2D eigenvalue weighted by Gasteiger charge is 2.29. The van der Waals surface area contributed by atoms with Crippen molar-refractivity contribution in [3.63, 3.8) is 0 Å². The highest BCUT2D eigenvalue weighted by atomic mass is 35.5. The van der Waals surface area contributed by atoms with Gasteiger partial charge in [0.05, 0.1) is 30.9 Å². The van der Waals surface area contributed by atoms with E-state index in [1.54, 1.807) is 13.4 Å². The molecule has 8 nitrogen and oxygen atoms in total. The molecule has 0 aliphatic heterocycles. The van der Waals surface area contributed by atoms with Gasteiger partial charge in [-0.3, -0.25) is 0 Å². The summed E-state index contributed by atoms with van der Waals surface area (Å²) in [7, 11) is 1.69. The molecule has 5 N–H and O–H groups in total. The van der Waals surface area contributed by atoms with Crippen LogP contribution in [0.1, 0.15) is 30.1 Å². The van der Waals surface area contributed by atoms with Crippen molar-refractivity contribution in [3.8, 4) is 0 Å². The molecule has 140 valence electrons. The fourth-order valence-corrected chi connectivity index (χ4v) is 2.76. The van der Waals surface area contributed by atoms with Gasteiger partial charge in [0.15, 0.2) is 0 Å². The van der Waals surface area contributed by atoms with Crippen molar-refractivity contribution in [1.82, 2.24) is 19.5 Å². The number of nitrogens with one attached hydrogen (secondary N) is 1. The van der Waals surface area contributed by atoms with E-state index >= 15 is 0 Å². The number of rotatable bonds is 7. The minimum Gasteiger partial charge on any atom is -0.383 e. The maximum absolute atomic E-state index is 5.85. The topological polar surface area (TPSA) is 117 Å². The van der Waals surface area contributed by atoms with E-state index in [4.69, 9.17) is 16.2 Å². The second-order valence-electron chi connectivity index (χ2n) is 5.89. The highest BCUT2D eigenvalue weighted by molar-refractivity contribution is 5.85. The number of halogens is 2. The lowest BCUT2D eigenvalue weighted by atomic mass is 9.78. The van der Waals surface area contributed by atoms with Crippen LogP contribution >= 0.6 is 24.8 Å². The van der Waals surface area contributed by atoms with Gasteiger partial charge in [0.1, 0.15) is 5.82 Å². The van der Waals surface area contributed by atoms with Crippen LogP contribution in [0.3, 0.4) is 0 Å². The van der Waals surface area contributed by atoms with Crippen LogP contribution in [0.2, 0.25) is 0 Å². The van der Waals surface area contributed by atoms with Crippen LogP contribution in [0.4, 0.5) is 11.8 Å². The lowest BCUT2D eigenvalue weighted by molar-refractivity contribution is 0.186. The van der Waals surface area contributed by atoms with Gasteiger partial charge in [-0.1, -0.05) is 0 Å². The number of hydrogen-bond donors (Lipinski definition) is 3. The summed E-state index contributed by atoms with van der Waals surface area (Å²) in [4.78, 5) is 12.8. The number of aromatic nitrogens is 4. The van der Waals surface area contributed by atoms with Gasteiger partial charge in [-0.25, -0.2) is 9.97 Å². The summed E-state index contributed by atoms with van der Waals surface area (Å²) >= 11 is 0. The molecule has 25 heavy (non-hydrogen) atoms. The van der Waals surface area contributed by atoms with Crippen LogP contribution in [0.15, 0.2) is 18.6 Å². The van der Waals surface area contributed by atoms with Crippen molar-refractivity contribution in [1.29, 1.82) is 0 Å². The van der Waals surface area contributed by atoms with Gasteiger partial charge in [-0.15, -0.1) is 24.8 Å². The van der Waals surface area contributed by atoms with Crippen LogP contribution in [0.5, 0.6) is 0 Å². The predicted octanol–water partition coefficient (Wildman–Crippen LogP) is 1.56. The SMILES string of the molecule is COCCn1cncc1CNc1cc(C2CC(N)C2)nc(N)n1.Cl.Cl. The largest absolute Gasteiger partial charge is 0.383 e. The first kappa shape index (κ1) is 21.4. The second-order valence-corrected chi connectivity index (χ2v) is 5.89. The van der Waals surface area contributed by atoms with Gasteiger partial charge in [0, 0.05) is 37.9 Å². The Morgan fingerprint density at radius 2 is 2.08 bits per heavy atom. The molecule has 0 unspecified atom stereocenters. The summed E-state index contributed by atoms with van der Waals surface area (Å²) in [5.74, 6) is 1.41. The maximum Gasteiger partial charge on any atom is 0.222 e. The average molecular weight is 390 g/mol. The van der Waals surface area contributed by atoms with Crippen LogP contribution in [-0.4, -0.2) is 39.3 Å². The van der Waals surface area contributed by atoms with E-state index in [-0.39, 0.29) is 30.9 Å². The van der Waals surface area contributed by atoms with Crippen molar-refractivity contribution >= 4 is 36.6 Å². The van der Waals surface area contributed by atoms with Crippen molar-refractivity contribution in [2.24, 2.45) is 5.73 Å². The molecular weight excluding hydrogens is 365 g/mol. The van der Waals surface area contributed by atoms with Gasteiger partial charge in [-0.2, -0.15) is 4.98 Å². The highest BCUT2D eigenvalue weighted by Crippen LogP contribution is 2.35. The minimum atomic E-state index is 0. The van der Waals surface area contributed by atoms with E-state index in [0.29, 0.717) is 25.0 Å². The number of anilines is 2. The van der Waals surface area contributed by atoms with Crippen molar-refractivity contribution < 1.29 is 4.74 Å². The molecule has 0 spiro atoms. The van der Waals surface area contributed by atoms with Crippen LogP contribution < -0.4 is 16.8 Å². The Morgan fingerprint density at radius 1 is 1.32 bits per heavy atom. The van der Waals surface area contributed by atoms with E-state index < -0.39 is 0 Å². The summed E-state index contributed by atoms with van der Waals surface area (Å²) in [5.41, 5.74) is 13.7. The molecule has 0 bridgehead atoms. The molecular formula is C15H25Cl2N7O. The van der Waals surface area contributed by atoms with Crippen LogP contribution in [0.25, 0.3) is 0 Å². The molecule has 0 radical (unpaired) electrons. The van der Waals surface area contributed by atoms with Gasteiger partial charge in [-0.05, 0) is 12.8 Å². The third-order valence-corrected chi connectivity index (χ3v) is 4.14. The molecule has 0 aromatic carbocycles. The van der Waals surface area contributed by atoms with Gasteiger partial charge in [0.2, 0.25) is 5.95 Å². The van der Waals surface area contributed by atoms with E-state index in [0.717, 1.165) is 36.6 Å².